The second kappa shape index (κ2) is 14.2. The van der Waals surface area contributed by atoms with Gasteiger partial charge in [0, 0.05) is 19.6 Å². The van der Waals surface area contributed by atoms with Gasteiger partial charge < -0.3 is 4.74 Å². The Morgan fingerprint density at radius 2 is 1.64 bits per heavy atom. The Balaban J connectivity index is 3.07. The molecule has 1 aliphatic heterocycles. The van der Waals surface area contributed by atoms with Gasteiger partial charge in [0.1, 0.15) is 0 Å². The van der Waals surface area contributed by atoms with Crippen molar-refractivity contribution in [3.8, 4) is 0 Å². The van der Waals surface area contributed by atoms with E-state index >= 15 is 0 Å². The van der Waals surface area contributed by atoms with E-state index in [1.807, 2.05) is 27.7 Å². The monoisotopic (exact) mass is 491 g/mol. The lowest BCUT2D eigenvalue weighted by molar-refractivity contribution is -0.203. The van der Waals surface area contributed by atoms with E-state index in [-0.39, 0.29) is 24.3 Å². The number of nitrogens with zero attached hydrogens (tertiary/aromatic N) is 1. The second-order valence-corrected chi connectivity index (χ2v) is 12.3. The molecule has 0 aromatic rings. The summed E-state index contributed by atoms with van der Waals surface area (Å²) in [6.07, 6.45) is 4.90. The molecule has 0 bridgehead atoms. The topological polar surface area (TPSA) is 114 Å². The fraction of sp³-hybridized carbons (Fsp3) is 0.913. The molecule has 0 aliphatic carbocycles. The van der Waals surface area contributed by atoms with E-state index in [1.54, 1.807) is 0 Å². The fourth-order valence-electron chi connectivity index (χ4n) is 3.79. The highest BCUT2D eigenvalue weighted by molar-refractivity contribution is 7.88. The van der Waals surface area contributed by atoms with Crippen molar-refractivity contribution < 1.29 is 27.6 Å². The zero-order valence-electron chi connectivity index (χ0n) is 21.4. The number of carbonyl (C=O) groups is 2. The van der Waals surface area contributed by atoms with Gasteiger partial charge in [-0.25, -0.2) is 18.7 Å². The average molecular weight is 492 g/mol. The lowest BCUT2D eigenvalue weighted by atomic mass is 9.80. The molecule has 0 aromatic carbocycles. The van der Waals surface area contributed by atoms with Gasteiger partial charge in [-0.15, -0.1) is 4.41 Å². The third-order valence-electron chi connectivity index (χ3n) is 5.53. The van der Waals surface area contributed by atoms with Crippen molar-refractivity contribution in [2.45, 2.75) is 86.4 Å². The Kier molecular flexibility index (Phi) is 12.9. The van der Waals surface area contributed by atoms with Crippen LogP contribution in [0.15, 0.2) is 0 Å². The lowest BCUT2D eigenvalue weighted by Gasteiger charge is -2.31. The summed E-state index contributed by atoms with van der Waals surface area (Å²) in [6.45, 7) is 12.6. The van der Waals surface area contributed by atoms with Gasteiger partial charge in [0.2, 0.25) is 21.8 Å². The van der Waals surface area contributed by atoms with E-state index in [0.29, 0.717) is 31.8 Å². The first-order valence-electron chi connectivity index (χ1n) is 12.2. The van der Waals surface area contributed by atoms with Gasteiger partial charge in [-0.3, -0.25) is 15.0 Å². The smallest absolute Gasteiger partial charge is 0.247 e. The number of rotatable bonds is 14. The van der Waals surface area contributed by atoms with Crippen LogP contribution in [0.1, 0.15) is 80.1 Å². The number of hydrogen-bond donors (Lipinski definition) is 2. The second-order valence-electron chi connectivity index (χ2n) is 10.4. The number of hydroxylamine groups is 1. The summed E-state index contributed by atoms with van der Waals surface area (Å²) < 4.78 is 31.0. The number of carbonyl (C=O) groups excluding carboxylic acids is 2. The van der Waals surface area contributed by atoms with Crippen LogP contribution < -0.4 is 10.9 Å². The van der Waals surface area contributed by atoms with Crippen molar-refractivity contribution in [2.75, 3.05) is 19.4 Å². The molecule has 1 aliphatic rings. The Labute approximate surface area is 200 Å². The molecule has 0 aromatic heterocycles. The molecule has 194 valence electrons. The third-order valence-corrected chi connectivity index (χ3v) is 6.58. The van der Waals surface area contributed by atoms with Crippen molar-refractivity contribution in [3.63, 3.8) is 0 Å². The van der Waals surface area contributed by atoms with Crippen LogP contribution in [0.3, 0.4) is 0 Å². The molecule has 1 rings (SSSR count). The molecule has 1 fully saturated rings. The van der Waals surface area contributed by atoms with Gasteiger partial charge in [-0.2, -0.15) is 0 Å². The van der Waals surface area contributed by atoms with Crippen LogP contribution in [-0.4, -0.2) is 50.3 Å². The molecule has 9 nitrogen and oxygen atoms in total. The van der Waals surface area contributed by atoms with Crippen LogP contribution in [0, 0.1) is 29.6 Å². The Hall–Kier alpha value is -1.23. The number of hydrazine groups is 1. The number of sulfonamides is 1. The molecule has 33 heavy (non-hydrogen) atoms. The zero-order chi connectivity index (χ0) is 25.2. The van der Waals surface area contributed by atoms with Crippen LogP contribution in [0.2, 0.25) is 0 Å². The van der Waals surface area contributed by atoms with E-state index in [4.69, 9.17) is 9.57 Å². The van der Waals surface area contributed by atoms with E-state index in [0.717, 1.165) is 29.9 Å². The van der Waals surface area contributed by atoms with Crippen molar-refractivity contribution >= 4 is 21.8 Å². The maximum Gasteiger partial charge on any atom is 0.247 e. The molecule has 2 unspecified atom stereocenters. The van der Waals surface area contributed by atoms with Gasteiger partial charge in [0.15, 0.2) is 6.29 Å². The molecule has 0 radical (unpaired) electrons. The SMILES string of the molecule is CC(C)CC[C@H](C(=O)NOC1CCCCO1)C(CC(C)C)C(=O)NN(CC(C)C)S(C)(=O)=O. The molecular weight excluding hydrogens is 446 g/mol. The minimum absolute atomic E-state index is 0.0208. The predicted octanol–water partition coefficient (Wildman–Crippen LogP) is 3.22. The summed E-state index contributed by atoms with van der Waals surface area (Å²) in [5, 5.41) is 0. The quantitative estimate of drug-likeness (QED) is 0.361. The largest absolute Gasteiger partial charge is 0.350 e. The summed E-state index contributed by atoms with van der Waals surface area (Å²) in [7, 11) is -3.65. The highest BCUT2D eigenvalue weighted by Gasteiger charge is 2.36. The van der Waals surface area contributed by atoms with E-state index in [2.05, 4.69) is 24.8 Å². The standard InChI is InChI=1S/C23H45N3O6S/c1-16(2)11-12-19(23(28)25-32-21-10-8-9-13-31-21)20(14-17(3)4)22(27)24-26(15-18(5)6)33(7,29)30/h16-21H,8-15H2,1-7H3,(H,24,27)(H,25,28)/t19-,20?,21?/m0/s1. The maximum absolute atomic E-state index is 13.4. The van der Waals surface area contributed by atoms with Crippen molar-refractivity contribution in [1.82, 2.24) is 15.3 Å². The summed E-state index contributed by atoms with van der Waals surface area (Å²) >= 11 is 0. The van der Waals surface area contributed by atoms with Gasteiger partial charge in [0.05, 0.1) is 18.1 Å². The Morgan fingerprint density at radius 3 is 2.12 bits per heavy atom. The first-order chi connectivity index (χ1) is 15.3. The summed E-state index contributed by atoms with van der Waals surface area (Å²) in [5.74, 6) is -1.69. The van der Waals surface area contributed by atoms with E-state index in [9.17, 15) is 18.0 Å². The number of amides is 2. The lowest BCUT2D eigenvalue weighted by Crippen LogP contribution is -2.52. The molecule has 1 heterocycles. The highest BCUT2D eigenvalue weighted by Crippen LogP contribution is 2.28. The highest BCUT2D eigenvalue weighted by atomic mass is 32.2. The first-order valence-corrected chi connectivity index (χ1v) is 14.0. The molecule has 2 N–H and O–H groups in total. The summed E-state index contributed by atoms with van der Waals surface area (Å²) in [5.41, 5.74) is 5.11. The Bertz CT molecular complexity index is 705. The van der Waals surface area contributed by atoms with Crippen molar-refractivity contribution in [2.24, 2.45) is 29.6 Å². The molecule has 0 spiro atoms. The zero-order valence-corrected chi connectivity index (χ0v) is 22.2. The molecule has 10 heteroatoms. The van der Waals surface area contributed by atoms with E-state index < -0.39 is 34.1 Å². The number of hydrogen-bond acceptors (Lipinski definition) is 6. The predicted molar refractivity (Wildman–Crippen MR) is 128 cm³/mol. The van der Waals surface area contributed by atoms with E-state index in [1.165, 1.54) is 0 Å². The Morgan fingerprint density at radius 1 is 0.970 bits per heavy atom. The van der Waals surface area contributed by atoms with Crippen molar-refractivity contribution in [3.05, 3.63) is 0 Å². The van der Waals surface area contributed by atoms with Crippen LogP contribution in [0.25, 0.3) is 0 Å². The number of ether oxygens (including phenoxy) is 1. The molecule has 3 atom stereocenters. The molecule has 2 amide bonds. The van der Waals surface area contributed by atoms with Gasteiger partial charge in [-0.05, 0) is 43.4 Å². The molecular formula is C23H45N3O6S. The third kappa shape index (κ3) is 11.6. The molecule has 1 saturated heterocycles. The van der Waals surface area contributed by atoms with Gasteiger partial charge in [0.25, 0.3) is 0 Å². The van der Waals surface area contributed by atoms with Crippen LogP contribution in [0.4, 0.5) is 0 Å². The average Bonchev–Trinajstić information content (AvgIpc) is 2.70. The van der Waals surface area contributed by atoms with Gasteiger partial charge in [-0.1, -0.05) is 48.0 Å². The number of nitrogens with one attached hydrogen (secondary N) is 2. The van der Waals surface area contributed by atoms with Crippen LogP contribution in [-0.2, 0) is 29.2 Å². The normalized spacial score (nSPS) is 19.2. The minimum Gasteiger partial charge on any atom is -0.350 e. The van der Waals surface area contributed by atoms with Crippen LogP contribution in [0.5, 0.6) is 0 Å². The summed E-state index contributed by atoms with van der Waals surface area (Å²) in [6, 6.07) is 0. The minimum atomic E-state index is -3.65. The molecule has 0 saturated carbocycles. The fourth-order valence-corrected chi connectivity index (χ4v) is 4.62. The van der Waals surface area contributed by atoms with Gasteiger partial charge >= 0.3 is 0 Å². The maximum atomic E-state index is 13.4. The summed E-state index contributed by atoms with van der Waals surface area (Å²) in [4.78, 5) is 32.0. The van der Waals surface area contributed by atoms with Crippen LogP contribution >= 0.6 is 0 Å². The first kappa shape index (κ1) is 29.8. The van der Waals surface area contributed by atoms with Crippen molar-refractivity contribution in [1.29, 1.82) is 0 Å².